The molecule has 1 aromatic carbocycles. The van der Waals surface area contributed by atoms with Gasteiger partial charge in [-0.2, -0.15) is 0 Å². The zero-order chi connectivity index (χ0) is 13.3. The van der Waals surface area contributed by atoms with Crippen molar-refractivity contribution < 1.29 is 9.84 Å². The van der Waals surface area contributed by atoms with Gasteiger partial charge in [0.15, 0.2) is 0 Å². The van der Waals surface area contributed by atoms with E-state index in [1.165, 1.54) is 5.56 Å². The SMILES string of the molecule is OCCCCOC1CCN(Cc2ccccc2)CC1. The molecule has 0 saturated carbocycles. The summed E-state index contributed by atoms with van der Waals surface area (Å²) in [6.07, 6.45) is 4.51. The molecule has 0 spiro atoms. The van der Waals surface area contributed by atoms with Crippen LogP contribution in [0.2, 0.25) is 0 Å². The van der Waals surface area contributed by atoms with Crippen LogP contribution in [0.4, 0.5) is 0 Å². The summed E-state index contributed by atoms with van der Waals surface area (Å²) in [6, 6.07) is 10.7. The maximum Gasteiger partial charge on any atom is 0.0599 e. The van der Waals surface area contributed by atoms with E-state index >= 15 is 0 Å². The Morgan fingerprint density at radius 1 is 1.11 bits per heavy atom. The van der Waals surface area contributed by atoms with Crippen molar-refractivity contribution in [2.45, 2.75) is 38.3 Å². The molecule has 1 aromatic rings. The summed E-state index contributed by atoms with van der Waals surface area (Å²) in [5, 5.41) is 8.72. The summed E-state index contributed by atoms with van der Waals surface area (Å²) >= 11 is 0. The normalized spacial score (nSPS) is 17.7. The number of nitrogens with zero attached hydrogens (tertiary/aromatic N) is 1. The van der Waals surface area contributed by atoms with Crippen molar-refractivity contribution in [3.63, 3.8) is 0 Å². The van der Waals surface area contributed by atoms with Crippen molar-refractivity contribution in [3.8, 4) is 0 Å². The van der Waals surface area contributed by atoms with Gasteiger partial charge in [0.1, 0.15) is 0 Å². The lowest BCUT2D eigenvalue weighted by atomic mass is 10.1. The molecule has 1 saturated heterocycles. The van der Waals surface area contributed by atoms with Crippen LogP contribution in [0.1, 0.15) is 31.2 Å². The van der Waals surface area contributed by atoms with Gasteiger partial charge in [-0.25, -0.2) is 0 Å². The van der Waals surface area contributed by atoms with Crippen molar-refractivity contribution in [1.29, 1.82) is 0 Å². The van der Waals surface area contributed by atoms with Crippen molar-refractivity contribution >= 4 is 0 Å². The van der Waals surface area contributed by atoms with E-state index in [1.54, 1.807) is 0 Å². The minimum absolute atomic E-state index is 0.277. The summed E-state index contributed by atoms with van der Waals surface area (Å²) in [5.74, 6) is 0. The monoisotopic (exact) mass is 263 g/mol. The van der Waals surface area contributed by atoms with Crippen molar-refractivity contribution in [2.75, 3.05) is 26.3 Å². The predicted molar refractivity (Wildman–Crippen MR) is 77.0 cm³/mol. The Hall–Kier alpha value is -0.900. The van der Waals surface area contributed by atoms with Crippen molar-refractivity contribution in [3.05, 3.63) is 35.9 Å². The lowest BCUT2D eigenvalue weighted by Crippen LogP contribution is -2.36. The number of likely N-dealkylation sites (tertiary alicyclic amines) is 1. The molecule has 0 atom stereocenters. The first-order valence-electron chi connectivity index (χ1n) is 7.37. The van der Waals surface area contributed by atoms with E-state index in [0.717, 1.165) is 51.9 Å². The number of hydrogen-bond donors (Lipinski definition) is 1. The molecule has 1 aliphatic heterocycles. The minimum Gasteiger partial charge on any atom is -0.396 e. The van der Waals surface area contributed by atoms with E-state index in [0.29, 0.717) is 6.10 Å². The Morgan fingerprint density at radius 3 is 2.53 bits per heavy atom. The van der Waals surface area contributed by atoms with Crippen LogP contribution in [0, 0.1) is 0 Å². The second kappa shape index (κ2) is 8.31. The van der Waals surface area contributed by atoms with Crippen molar-refractivity contribution in [1.82, 2.24) is 4.90 Å². The number of aliphatic hydroxyl groups is 1. The van der Waals surface area contributed by atoms with E-state index < -0.39 is 0 Å². The van der Waals surface area contributed by atoms with Gasteiger partial charge in [-0.05, 0) is 31.2 Å². The molecule has 3 heteroatoms. The standard InChI is InChI=1S/C16H25NO2/c18-12-4-5-13-19-16-8-10-17(11-9-16)14-15-6-2-1-3-7-15/h1-3,6-7,16,18H,4-5,8-14H2. The number of ether oxygens (including phenoxy) is 1. The lowest BCUT2D eigenvalue weighted by Gasteiger charge is -2.31. The minimum atomic E-state index is 0.277. The molecule has 3 nitrogen and oxygen atoms in total. The van der Waals surface area contributed by atoms with E-state index in [4.69, 9.17) is 9.84 Å². The van der Waals surface area contributed by atoms with Crippen LogP contribution < -0.4 is 0 Å². The molecule has 1 heterocycles. The summed E-state index contributed by atoms with van der Waals surface area (Å²) in [7, 11) is 0. The Balaban J connectivity index is 1.62. The average molecular weight is 263 g/mol. The highest BCUT2D eigenvalue weighted by molar-refractivity contribution is 5.14. The maximum absolute atomic E-state index is 8.72. The Bertz CT molecular complexity index is 334. The zero-order valence-electron chi connectivity index (χ0n) is 11.6. The van der Waals surface area contributed by atoms with E-state index in [-0.39, 0.29) is 6.61 Å². The van der Waals surface area contributed by atoms with Crippen LogP contribution in [-0.2, 0) is 11.3 Å². The second-order valence-corrected chi connectivity index (χ2v) is 5.26. The van der Waals surface area contributed by atoms with Gasteiger partial charge in [-0.1, -0.05) is 30.3 Å². The fourth-order valence-corrected chi connectivity index (χ4v) is 2.54. The van der Waals surface area contributed by atoms with Gasteiger partial charge in [0, 0.05) is 32.8 Å². The number of piperidine rings is 1. The highest BCUT2D eigenvalue weighted by Gasteiger charge is 2.19. The third kappa shape index (κ3) is 5.31. The average Bonchev–Trinajstić information content (AvgIpc) is 2.46. The highest BCUT2D eigenvalue weighted by atomic mass is 16.5. The Labute approximate surface area is 116 Å². The van der Waals surface area contributed by atoms with E-state index in [2.05, 4.69) is 35.2 Å². The third-order valence-corrected chi connectivity index (χ3v) is 3.69. The van der Waals surface area contributed by atoms with E-state index in [1.807, 2.05) is 0 Å². The summed E-state index contributed by atoms with van der Waals surface area (Å²) in [4.78, 5) is 2.50. The van der Waals surface area contributed by atoms with Gasteiger partial charge in [-0.3, -0.25) is 4.90 Å². The zero-order valence-corrected chi connectivity index (χ0v) is 11.6. The molecular formula is C16H25NO2. The van der Waals surface area contributed by atoms with Gasteiger partial charge in [-0.15, -0.1) is 0 Å². The maximum atomic E-state index is 8.72. The number of aliphatic hydroxyl groups excluding tert-OH is 1. The Morgan fingerprint density at radius 2 is 1.84 bits per heavy atom. The van der Waals surface area contributed by atoms with Gasteiger partial charge >= 0.3 is 0 Å². The fourth-order valence-electron chi connectivity index (χ4n) is 2.54. The second-order valence-electron chi connectivity index (χ2n) is 5.26. The van der Waals surface area contributed by atoms with Crippen molar-refractivity contribution in [2.24, 2.45) is 0 Å². The molecular weight excluding hydrogens is 238 g/mol. The van der Waals surface area contributed by atoms with Crippen LogP contribution in [0.15, 0.2) is 30.3 Å². The van der Waals surface area contributed by atoms with Crippen LogP contribution in [-0.4, -0.2) is 42.4 Å². The molecule has 0 radical (unpaired) electrons. The number of benzene rings is 1. The molecule has 19 heavy (non-hydrogen) atoms. The molecule has 1 aliphatic rings. The van der Waals surface area contributed by atoms with Crippen LogP contribution in [0.3, 0.4) is 0 Å². The van der Waals surface area contributed by atoms with Crippen LogP contribution in [0.5, 0.6) is 0 Å². The first-order valence-corrected chi connectivity index (χ1v) is 7.37. The fraction of sp³-hybridized carbons (Fsp3) is 0.625. The van der Waals surface area contributed by atoms with Gasteiger partial charge in [0.25, 0.3) is 0 Å². The topological polar surface area (TPSA) is 32.7 Å². The molecule has 0 bridgehead atoms. The molecule has 0 amide bonds. The summed E-state index contributed by atoms with van der Waals surface area (Å²) in [6.45, 7) is 4.37. The molecule has 0 aromatic heterocycles. The molecule has 106 valence electrons. The third-order valence-electron chi connectivity index (χ3n) is 3.69. The molecule has 1 N–H and O–H groups in total. The predicted octanol–water partition coefficient (Wildman–Crippen LogP) is 2.44. The quantitative estimate of drug-likeness (QED) is 0.767. The van der Waals surface area contributed by atoms with Gasteiger partial charge in [0.2, 0.25) is 0 Å². The Kier molecular flexibility index (Phi) is 6.34. The first-order chi connectivity index (χ1) is 9.38. The molecule has 1 fully saturated rings. The summed E-state index contributed by atoms with van der Waals surface area (Å²) in [5.41, 5.74) is 1.39. The smallest absolute Gasteiger partial charge is 0.0599 e. The van der Waals surface area contributed by atoms with Crippen LogP contribution >= 0.6 is 0 Å². The first kappa shape index (κ1) is 14.5. The molecule has 0 aliphatic carbocycles. The molecule has 2 rings (SSSR count). The number of rotatable bonds is 7. The van der Waals surface area contributed by atoms with E-state index in [9.17, 15) is 0 Å². The van der Waals surface area contributed by atoms with Crippen LogP contribution in [0.25, 0.3) is 0 Å². The largest absolute Gasteiger partial charge is 0.396 e. The molecule has 0 unspecified atom stereocenters. The highest BCUT2D eigenvalue weighted by Crippen LogP contribution is 2.16. The summed E-state index contributed by atoms with van der Waals surface area (Å²) < 4.78 is 5.85. The lowest BCUT2D eigenvalue weighted by molar-refractivity contribution is 0.00333. The van der Waals surface area contributed by atoms with Gasteiger partial charge in [0.05, 0.1) is 6.10 Å². The number of unbranched alkanes of at least 4 members (excludes halogenated alkanes) is 1. The number of hydrogen-bond acceptors (Lipinski definition) is 3. The van der Waals surface area contributed by atoms with Gasteiger partial charge < -0.3 is 9.84 Å².